The molecule has 0 radical (unpaired) electrons. The van der Waals surface area contributed by atoms with Gasteiger partial charge in [0, 0.05) is 17.6 Å². The largest absolute Gasteiger partial charge is 0.337 e. The van der Waals surface area contributed by atoms with Gasteiger partial charge in [-0.05, 0) is 49.7 Å². The van der Waals surface area contributed by atoms with Crippen LogP contribution in [0.15, 0.2) is 64.4 Å². The second-order valence-corrected chi connectivity index (χ2v) is 7.48. The Hall–Kier alpha value is -3.19. The molecule has 0 aliphatic carbocycles. The van der Waals surface area contributed by atoms with Crippen LogP contribution in [-0.2, 0) is 6.54 Å². The molecule has 0 bridgehead atoms. The molecular formula is C21H18ClFN4O2. The third-order valence-electron chi connectivity index (χ3n) is 4.67. The topological polar surface area (TPSA) is 61.8 Å². The van der Waals surface area contributed by atoms with E-state index in [0.29, 0.717) is 17.3 Å². The van der Waals surface area contributed by atoms with Gasteiger partial charge < -0.3 is 4.57 Å². The van der Waals surface area contributed by atoms with Gasteiger partial charge in [0.05, 0.1) is 12.0 Å². The first-order valence-corrected chi connectivity index (χ1v) is 9.47. The van der Waals surface area contributed by atoms with E-state index in [1.807, 2.05) is 12.1 Å². The van der Waals surface area contributed by atoms with Gasteiger partial charge in [-0.3, -0.25) is 9.36 Å². The monoisotopic (exact) mass is 412 g/mol. The van der Waals surface area contributed by atoms with Crippen molar-refractivity contribution in [1.29, 1.82) is 0 Å². The van der Waals surface area contributed by atoms with Gasteiger partial charge in [-0.1, -0.05) is 29.8 Å². The van der Waals surface area contributed by atoms with E-state index in [-0.39, 0.29) is 17.2 Å². The molecule has 0 amide bonds. The molecule has 0 fully saturated rings. The Bertz CT molecular complexity index is 1340. The molecule has 29 heavy (non-hydrogen) atoms. The summed E-state index contributed by atoms with van der Waals surface area (Å²) in [5.74, 6) is -0.483. The van der Waals surface area contributed by atoms with Crippen molar-refractivity contribution in [1.82, 2.24) is 18.7 Å². The van der Waals surface area contributed by atoms with E-state index in [9.17, 15) is 14.0 Å². The van der Waals surface area contributed by atoms with E-state index in [1.165, 1.54) is 29.1 Å². The Balaban J connectivity index is 2.03. The van der Waals surface area contributed by atoms with Crippen molar-refractivity contribution in [2.24, 2.45) is 0 Å². The molecule has 2 heterocycles. The highest BCUT2D eigenvalue weighted by molar-refractivity contribution is 6.30. The first-order chi connectivity index (χ1) is 13.9. The smallest absolute Gasteiger partial charge is 0.320 e. The molecule has 148 valence electrons. The fourth-order valence-corrected chi connectivity index (χ4v) is 3.62. The van der Waals surface area contributed by atoms with Crippen LogP contribution in [0.4, 0.5) is 4.39 Å². The van der Waals surface area contributed by atoms with Crippen LogP contribution in [0.1, 0.15) is 25.5 Å². The lowest BCUT2D eigenvalue weighted by atomic mass is 10.2. The number of rotatable bonds is 4. The van der Waals surface area contributed by atoms with E-state index in [2.05, 4.69) is 4.98 Å². The van der Waals surface area contributed by atoms with Crippen LogP contribution >= 0.6 is 11.6 Å². The second-order valence-electron chi connectivity index (χ2n) is 7.04. The molecule has 6 nitrogen and oxygen atoms in total. The zero-order chi connectivity index (χ0) is 20.7. The summed E-state index contributed by atoms with van der Waals surface area (Å²) in [6.45, 7) is 3.86. The van der Waals surface area contributed by atoms with Crippen molar-refractivity contribution in [2.45, 2.75) is 26.4 Å². The maximum atomic E-state index is 13.8. The first kappa shape index (κ1) is 19.1. The number of aromatic nitrogens is 4. The van der Waals surface area contributed by atoms with Crippen molar-refractivity contribution in [3.05, 3.63) is 92.1 Å². The molecule has 2 aromatic heterocycles. The van der Waals surface area contributed by atoms with Crippen LogP contribution in [-0.4, -0.2) is 18.7 Å². The van der Waals surface area contributed by atoms with Gasteiger partial charge in [-0.15, -0.1) is 0 Å². The van der Waals surface area contributed by atoms with Crippen LogP contribution in [0.3, 0.4) is 0 Å². The fraction of sp³-hybridized carbons (Fsp3) is 0.190. The molecule has 4 rings (SSSR count). The number of imidazole rings is 1. The van der Waals surface area contributed by atoms with Gasteiger partial charge >= 0.3 is 5.69 Å². The van der Waals surface area contributed by atoms with Crippen molar-refractivity contribution < 1.29 is 4.39 Å². The van der Waals surface area contributed by atoms with Crippen molar-refractivity contribution in [2.75, 3.05) is 0 Å². The van der Waals surface area contributed by atoms with Crippen LogP contribution in [0.2, 0.25) is 5.02 Å². The van der Waals surface area contributed by atoms with Crippen LogP contribution in [0.25, 0.3) is 16.9 Å². The Kier molecular flexibility index (Phi) is 4.84. The lowest BCUT2D eigenvalue weighted by Crippen LogP contribution is -2.41. The molecule has 8 heteroatoms. The van der Waals surface area contributed by atoms with Gasteiger partial charge in [0.2, 0.25) is 0 Å². The maximum absolute atomic E-state index is 13.8. The average molecular weight is 413 g/mol. The number of halogens is 2. The van der Waals surface area contributed by atoms with Gasteiger partial charge in [-0.25, -0.2) is 18.7 Å². The fourth-order valence-electron chi connectivity index (χ4n) is 3.41. The Morgan fingerprint density at radius 1 is 1.10 bits per heavy atom. The SMILES string of the molecule is CC(C)n1c(=O)c2c(ncn2Cc2cccc(Cl)c2)n(-c2cccc(F)c2)c1=O. The summed E-state index contributed by atoms with van der Waals surface area (Å²) >= 11 is 6.07. The van der Waals surface area contributed by atoms with Crippen molar-refractivity contribution in [3.63, 3.8) is 0 Å². The third kappa shape index (κ3) is 3.38. The molecule has 2 aromatic carbocycles. The number of benzene rings is 2. The number of fused-ring (bicyclic) bond motifs is 1. The van der Waals surface area contributed by atoms with E-state index in [4.69, 9.17) is 11.6 Å². The van der Waals surface area contributed by atoms with Crippen LogP contribution in [0.5, 0.6) is 0 Å². The van der Waals surface area contributed by atoms with E-state index < -0.39 is 17.1 Å². The summed E-state index contributed by atoms with van der Waals surface area (Å²) in [4.78, 5) is 30.6. The highest BCUT2D eigenvalue weighted by Gasteiger charge is 2.21. The van der Waals surface area contributed by atoms with Crippen molar-refractivity contribution in [3.8, 4) is 5.69 Å². The van der Waals surface area contributed by atoms with Crippen LogP contribution < -0.4 is 11.2 Å². The molecule has 0 atom stereocenters. The molecule has 4 aromatic rings. The van der Waals surface area contributed by atoms with Gasteiger partial charge in [-0.2, -0.15) is 0 Å². The predicted molar refractivity (Wildman–Crippen MR) is 110 cm³/mol. The normalized spacial score (nSPS) is 11.5. The standard InChI is InChI=1S/C21H18ClFN4O2/c1-13(2)26-20(28)18-19(27(21(26)29)17-8-4-7-16(23)10-17)24-12-25(18)11-14-5-3-6-15(22)9-14/h3-10,12-13H,11H2,1-2H3. The number of hydrogen-bond donors (Lipinski definition) is 0. The second kappa shape index (κ2) is 7.33. The predicted octanol–water partition coefficient (Wildman–Crippen LogP) is 3.77. The molecule has 0 N–H and O–H groups in total. The van der Waals surface area contributed by atoms with E-state index in [1.54, 1.807) is 36.6 Å². The minimum atomic E-state index is -0.559. The Morgan fingerprint density at radius 3 is 2.55 bits per heavy atom. The minimum absolute atomic E-state index is 0.185. The number of hydrogen-bond acceptors (Lipinski definition) is 3. The molecule has 0 saturated carbocycles. The van der Waals surface area contributed by atoms with E-state index in [0.717, 1.165) is 10.1 Å². The summed E-state index contributed by atoms with van der Waals surface area (Å²) < 4.78 is 17.9. The lowest BCUT2D eigenvalue weighted by Gasteiger charge is -2.15. The zero-order valence-electron chi connectivity index (χ0n) is 15.8. The third-order valence-corrected chi connectivity index (χ3v) is 4.91. The molecular weight excluding hydrogens is 395 g/mol. The highest BCUT2D eigenvalue weighted by Crippen LogP contribution is 2.17. The van der Waals surface area contributed by atoms with Gasteiger partial charge in [0.25, 0.3) is 5.56 Å². The summed E-state index contributed by atoms with van der Waals surface area (Å²) in [7, 11) is 0. The van der Waals surface area contributed by atoms with E-state index >= 15 is 0 Å². The first-order valence-electron chi connectivity index (χ1n) is 9.09. The lowest BCUT2D eigenvalue weighted by molar-refractivity contribution is 0.538. The maximum Gasteiger partial charge on any atom is 0.337 e. The van der Waals surface area contributed by atoms with Crippen molar-refractivity contribution >= 4 is 22.8 Å². The molecule has 0 aliphatic heterocycles. The Morgan fingerprint density at radius 2 is 1.86 bits per heavy atom. The molecule has 0 unspecified atom stereocenters. The minimum Gasteiger partial charge on any atom is -0.320 e. The summed E-state index contributed by atoms with van der Waals surface area (Å²) in [5.41, 5.74) is 0.647. The molecule has 0 saturated heterocycles. The van der Waals surface area contributed by atoms with Gasteiger partial charge in [0.15, 0.2) is 11.2 Å². The molecule has 0 aliphatic rings. The summed E-state index contributed by atoms with van der Waals surface area (Å²) in [6, 6.07) is 12.6. The summed E-state index contributed by atoms with van der Waals surface area (Å²) in [6.07, 6.45) is 1.51. The quantitative estimate of drug-likeness (QED) is 0.512. The zero-order valence-corrected chi connectivity index (χ0v) is 16.6. The average Bonchev–Trinajstić information content (AvgIpc) is 3.05. The summed E-state index contributed by atoms with van der Waals surface area (Å²) in [5, 5.41) is 0.586. The Labute approximate surface area is 170 Å². The highest BCUT2D eigenvalue weighted by atomic mass is 35.5. The molecule has 0 spiro atoms. The van der Waals surface area contributed by atoms with Gasteiger partial charge in [0.1, 0.15) is 5.82 Å². The van der Waals surface area contributed by atoms with Crippen LogP contribution in [0, 0.1) is 5.82 Å². The number of nitrogens with zero attached hydrogens (tertiary/aromatic N) is 4.